The predicted molar refractivity (Wildman–Crippen MR) is 123 cm³/mol. The lowest BCUT2D eigenvalue weighted by molar-refractivity contribution is -0.120. The third kappa shape index (κ3) is 4.34. The minimum atomic E-state index is -0.610. The number of carbonyl (C=O) groups excluding carboxylic acids is 3. The molecule has 2 aliphatic rings. The van der Waals surface area contributed by atoms with Gasteiger partial charge in [-0.15, -0.1) is 0 Å². The molecule has 0 atom stereocenters. The molecule has 0 unspecified atom stereocenters. The van der Waals surface area contributed by atoms with Gasteiger partial charge in [-0.1, -0.05) is 30.5 Å². The number of hydrogen-bond donors (Lipinski definition) is 1. The van der Waals surface area contributed by atoms with Crippen molar-refractivity contribution in [1.82, 2.24) is 4.90 Å². The molecule has 0 bridgehead atoms. The number of rotatable bonds is 5. The monoisotopic (exact) mass is 453 g/mol. The standard InChI is InChI=1S/C24H24ClN3O4/c1-32-19-11-9-18(10-12-19)28-23(30)20(25)21(24(28)31)26-17-8-6-7-16(15-17)22(29)27-13-4-2-3-5-14-27/h6-12,15,26H,2-5,13-14H2,1H3. The number of amides is 3. The van der Waals surface area contributed by atoms with Crippen LogP contribution in [0.25, 0.3) is 0 Å². The topological polar surface area (TPSA) is 79.0 Å². The van der Waals surface area contributed by atoms with Gasteiger partial charge in [0, 0.05) is 24.3 Å². The second-order valence-corrected chi connectivity index (χ2v) is 8.12. The van der Waals surface area contributed by atoms with Crippen LogP contribution in [0.1, 0.15) is 36.0 Å². The minimum absolute atomic E-state index is 0.0214. The Kier molecular flexibility index (Phi) is 6.46. The molecule has 8 heteroatoms. The molecule has 2 heterocycles. The SMILES string of the molecule is COc1ccc(N2C(=O)C(Cl)=C(Nc3cccc(C(=O)N4CCCCCC4)c3)C2=O)cc1. The van der Waals surface area contributed by atoms with Crippen LogP contribution in [0.4, 0.5) is 11.4 Å². The van der Waals surface area contributed by atoms with E-state index in [4.69, 9.17) is 16.3 Å². The zero-order valence-electron chi connectivity index (χ0n) is 17.8. The molecule has 2 aliphatic heterocycles. The van der Waals surface area contributed by atoms with E-state index in [-0.39, 0.29) is 16.6 Å². The fourth-order valence-corrected chi connectivity index (χ4v) is 4.12. The predicted octanol–water partition coefficient (Wildman–Crippen LogP) is 4.15. The summed E-state index contributed by atoms with van der Waals surface area (Å²) in [4.78, 5) is 41.5. The van der Waals surface area contributed by atoms with Crippen molar-refractivity contribution in [3.63, 3.8) is 0 Å². The van der Waals surface area contributed by atoms with E-state index in [1.165, 1.54) is 7.11 Å². The third-order valence-corrected chi connectivity index (χ3v) is 5.98. The van der Waals surface area contributed by atoms with Crippen LogP contribution in [0.15, 0.2) is 59.3 Å². The highest BCUT2D eigenvalue weighted by Crippen LogP contribution is 2.31. The molecular weight excluding hydrogens is 430 g/mol. The second-order valence-electron chi connectivity index (χ2n) is 7.74. The number of anilines is 2. The highest BCUT2D eigenvalue weighted by atomic mass is 35.5. The van der Waals surface area contributed by atoms with Crippen molar-refractivity contribution in [3.8, 4) is 5.75 Å². The van der Waals surface area contributed by atoms with E-state index < -0.39 is 11.8 Å². The summed E-state index contributed by atoms with van der Waals surface area (Å²) in [6.07, 6.45) is 4.28. The second kappa shape index (κ2) is 9.44. The minimum Gasteiger partial charge on any atom is -0.497 e. The van der Waals surface area contributed by atoms with E-state index in [2.05, 4.69) is 5.32 Å². The summed E-state index contributed by atoms with van der Waals surface area (Å²) < 4.78 is 5.12. The molecule has 3 amide bonds. The van der Waals surface area contributed by atoms with E-state index in [1.807, 2.05) is 4.90 Å². The molecule has 32 heavy (non-hydrogen) atoms. The van der Waals surface area contributed by atoms with Gasteiger partial charge in [-0.25, -0.2) is 4.90 Å². The first-order valence-corrected chi connectivity index (χ1v) is 11.0. The molecular formula is C24H24ClN3O4. The number of benzene rings is 2. The van der Waals surface area contributed by atoms with Gasteiger partial charge >= 0.3 is 0 Å². The van der Waals surface area contributed by atoms with Gasteiger partial charge < -0.3 is 15.0 Å². The van der Waals surface area contributed by atoms with Crippen molar-refractivity contribution in [2.45, 2.75) is 25.7 Å². The van der Waals surface area contributed by atoms with Gasteiger partial charge in [-0.3, -0.25) is 14.4 Å². The number of methoxy groups -OCH3 is 1. The number of imide groups is 1. The largest absolute Gasteiger partial charge is 0.497 e. The summed E-state index contributed by atoms with van der Waals surface area (Å²) in [7, 11) is 1.54. The smallest absolute Gasteiger partial charge is 0.283 e. The summed E-state index contributed by atoms with van der Waals surface area (Å²) in [5, 5.41) is 2.74. The summed E-state index contributed by atoms with van der Waals surface area (Å²) in [5.74, 6) is -0.601. The first-order chi connectivity index (χ1) is 15.5. The Bertz CT molecular complexity index is 1070. The molecule has 166 valence electrons. The number of nitrogens with one attached hydrogen (secondary N) is 1. The van der Waals surface area contributed by atoms with Crippen molar-refractivity contribution in [2.75, 3.05) is 30.4 Å². The molecule has 4 rings (SSSR count). The van der Waals surface area contributed by atoms with Crippen LogP contribution in [0.2, 0.25) is 0 Å². The molecule has 2 aromatic rings. The Morgan fingerprint density at radius 2 is 1.66 bits per heavy atom. The molecule has 1 N–H and O–H groups in total. The lowest BCUT2D eigenvalue weighted by Gasteiger charge is -2.20. The van der Waals surface area contributed by atoms with Crippen LogP contribution in [-0.4, -0.2) is 42.8 Å². The van der Waals surface area contributed by atoms with Crippen molar-refractivity contribution >= 4 is 40.7 Å². The Labute approximate surface area is 191 Å². The van der Waals surface area contributed by atoms with Crippen LogP contribution in [-0.2, 0) is 9.59 Å². The normalized spacial score (nSPS) is 16.9. The molecule has 2 aromatic carbocycles. The summed E-state index contributed by atoms with van der Waals surface area (Å²) >= 11 is 6.22. The zero-order valence-corrected chi connectivity index (χ0v) is 18.5. The molecule has 0 spiro atoms. The van der Waals surface area contributed by atoms with Crippen LogP contribution < -0.4 is 15.0 Å². The van der Waals surface area contributed by atoms with Crippen molar-refractivity contribution in [3.05, 3.63) is 64.8 Å². The maximum Gasteiger partial charge on any atom is 0.283 e. The Morgan fingerprint density at radius 1 is 0.969 bits per heavy atom. The third-order valence-electron chi connectivity index (χ3n) is 5.63. The number of ether oxygens (including phenoxy) is 1. The van der Waals surface area contributed by atoms with Gasteiger partial charge in [0.05, 0.1) is 12.8 Å². The van der Waals surface area contributed by atoms with Crippen molar-refractivity contribution < 1.29 is 19.1 Å². The van der Waals surface area contributed by atoms with Gasteiger partial charge in [0.1, 0.15) is 16.5 Å². The van der Waals surface area contributed by atoms with Gasteiger partial charge in [-0.05, 0) is 55.3 Å². The van der Waals surface area contributed by atoms with Crippen molar-refractivity contribution in [2.24, 2.45) is 0 Å². The number of carbonyl (C=O) groups is 3. The molecule has 0 aromatic heterocycles. The number of hydrogen-bond acceptors (Lipinski definition) is 5. The summed E-state index contributed by atoms with van der Waals surface area (Å²) in [5.41, 5.74) is 1.40. The van der Waals surface area contributed by atoms with Gasteiger partial charge in [-0.2, -0.15) is 0 Å². The molecule has 0 radical (unpaired) electrons. The molecule has 1 fully saturated rings. The maximum absolute atomic E-state index is 13.0. The van der Waals surface area contributed by atoms with Gasteiger partial charge in [0.2, 0.25) is 0 Å². The molecule has 0 saturated carbocycles. The average Bonchev–Trinajstić information content (AvgIpc) is 3.02. The average molecular weight is 454 g/mol. The van der Waals surface area contributed by atoms with Gasteiger partial charge in [0.25, 0.3) is 17.7 Å². The quantitative estimate of drug-likeness (QED) is 0.688. The Morgan fingerprint density at radius 3 is 2.31 bits per heavy atom. The Hall–Kier alpha value is -3.32. The Balaban J connectivity index is 1.53. The molecule has 0 aliphatic carbocycles. The number of halogens is 1. The first-order valence-electron chi connectivity index (χ1n) is 10.6. The van der Waals surface area contributed by atoms with Crippen molar-refractivity contribution in [1.29, 1.82) is 0 Å². The lowest BCUT2D eigenvalue weighted by Crippen LogP contribution is -2.32. The fourth-order valence-electron chi connectivity index (χ4n) is 3.91. The van der Waals surface area contributed by atoms with Crippen LogP contribution in [0.5, 0.6) is 5.75 Å². The highest BCUT2D eigenvalue weighted by Gasteiger charge is 2.39. The molecule has 1 saturated heterocycles. The zero-order chi connectivity index (χ0) is 22.7. The molecule has 7 nitrogen and oxygen atoms in total. The number of nitrogens with zero attached hydrogens (tertiary/aromatic N) is 2. The van der Waals surface area contributed by atoms with Crippen LogP contribution >= 0.6 is 11.6 Å². The summed E-state index contributed by atoms with van der Waals surface area (Å²) in [6, 6.07) is 13.4. The number of likely N-dealkylation sites (tertiary alicyclic amines) is 1. The lowest BCUT2D eigenvalue weighted by atomic mass is 10.1. The van der Waals surface area contributed by atoms with E-state index in [0.29, 0.717) is 22.7 Å². The summed E-state index contributed by atoms with van der Waals surface area (Å²) in [6.45, 7) is 1.49. The first kappa shape index (κ1) is 21.9. The van der Waals surface area contributed by atoms with Crippen LogP contribution in [0, 0.1) is 0 Å². The van der Waals surface area contributed by atoms with E-state index >= 15 is 0 Å². The van der Waals surface area contributed by atoms with Gasteiger partial charge in [0.15, 0.2) is 0 Å². The maximum atomic E-state index is 13.0. The van der Waals surface area contributed by atoms with E-state index in [1.54, 1.807) is 48.5 Å². The van der Waals surface area contributed by atoms with E-state index in [0.717, 1.165) is 43.7 Å². The fraction of sp³-hybridized carbons (Fsp3) is 0.292. The highest BCUT2D eigenvalue weighted by molar-refractivity contribution is 6.53. The van der Waals surface area contributed by atoms with Crippen LogP contribution in [0.3, 0.4) is 0 Å². The van der Waals surface area contributed by atoms with E-state index in [9.17, 15) is 14.4 Å².